The summed E-state index contributed by atoms with van der Waals surface area (Å²) in [5.41, 5.74) is 20.0. The minimum atomic E-state index is 0.0347. The van der Waals surface area contributed by atoms with E-state index < -0.39 is 0 Å². The predicted molar refractivity (Wildman–Crippen MR) is 231 cm³/mol. The van der Waals surface area contributed by atoms with Crippen LogP contribution in [0.15, 0.2) is 174 Å². The fourth-order valence-corrected chi connectivity index (χ4v) is 8.46. The van der Waals surface area contributed by atoms with Crippen molar-refractivity contribution < 1.29 is 0 Å². The van der Waals surface area contributed by atoms with Gasteiger partial charge < -0.3 is 11.1 Å². The second-order valence-corrected chi connectivity index (χ2v) is 16.0. The Morgan fingerprint density at radius 3 is 1.45 bits per heavy atom. The number of hydrogen-bond donors (Lipinski definition) is 2. The summed E-state index contributed by atoms with van der Waals surface area (Å²) in [6.45, 7) is 9.23. The Hall–Kier alpha value is -5.64. The van der Waals surface area contributed by atoms with Gasteiger partial charge in [-0.2, -0.15) is 0 Å². The quantitative estimate of drug-likeness (QED) is 0.173. The molecule has 0 fully saturated rings. The van der Waals surface area contributed by atoms with Crippen molar-refractivity contribution in [3.63, 3.8) is 0 Å². The molecule has 53 heavy (non-hydrogen) atoms. The Labute approximate surface area is 321 Å². The van der Waals surface area contributed by atoms with Crippen LogP contribution in [0.2, 0.25) is 0 Å². The SMILES string of the molecule is CC1(C)c2ccccc2-c2ccc(Br)cc21.CC1(C)c2ccccc2-c2ccc(Nc3ccc4ccccc4c3)cc21.Nc1ccc2ccccc2c1. The van der Waals surface area contributed by atoms with Gasteiger partial charge in [-0.3, -0.25) is 0 Å². The fourth-order valence-electron chi connectivity index (χ4n) is 8.10. The maximum atomic E-state index is 5.62. The van der Waals surface area contributed by atoms with E-state index in [1.807, 2.05) is 30.3 Å². The van der Waals surface area contributed by atoms with Gasteiger partial charge in [0.25, 0.3) is 0 Å². The molecule has 3 heteroatoms. The monoisotopic (exact) mass is 750 g/mol. The Bertz CT molecular complexity index is 2630. The number of halogens is 1. The highest BCUT2D eigenvalue weighted by Gasteiger charge is 2.36. The molecule has 0 unspecified atom stereocenters. The smallest absolute Gasteiger partial charge is 0.0390 e. The van der Waals surface area contributed by atoms with E-state index in [2.05, 4.69) is 188 Å². The van der Waals surface area contributed by atoms with Crippen molar-refractivity contribution in [2.45, 2.75) is 38.5 Å². The van der Waals surface area contributed by atoms with Gasteiger partial charge in [-0.05, 0) is 115 Å². The Balaban J connectivity index is 0.000000126. The first-order valence-electron chi connectivity index (χ1n) is 18.2. The van der Waals surface area contributed by atoms with E-state index in [0.717, 1.165) is 21.5 Å². The van der Waals surface area contributed by atoms with Gasteiger partial charge in [-0.1, -0.05) is 165 Å². The van der Waals surface area contributed by atoms with E-state index in [0.29, 0.717) is 0 Å². The molecule has 0 radical (unpaired) electrons. The van der Waals surface area contributed by atoms with E-state index in [1.54, 1.807) is 0 Å². The standard InChI is InChI=1S/C25H21N.C15H13Br.C10H9N/c1-25(2)23-10-6-5-9-21(23)22-14-13-20(16-24(22)25)26-19-12-11-17-7-3-4-8-18(17)15-19;1-15(2)13-6-4-3-5-11(13)12-8-7-10(16)9-14(12)15;11-10-6-5-8-3-1-2-4-9(8)7-10/h3-16,26H,1-2H3;3-9H,1-2H3;1-7H,11H2. The zero-order valence-electron chi connectivity index (χ0n) is 30.6. The molecular weight excluding hydrogens is 708 g/mol. The maximum absolute atomic E-state index is 5.62. The van der Waals surface area contributed by atoms with Crippen LogP contribution in [0.3, 0.4) is 0 Å². The van der Waals surface area contributed by atoms with Crippen LogP contribution >= 0.6 is 15.9 Å². The van der Waals surface area contributed by atoms with Gasteiger partial charge in [0, 0.05) is 32.4 Å². The Morgan fingerprint density at radius 2 is 0.830 bits per heavy atom. The van der Waals surface area contributed by atoms with E-state index in [-0.39, 0.29) is 10.8 Å². The molecule has 8 aromatic carbocycles. The number of benzene rings is 8. The second-order valence-electron chi connectivity index (χ2n) is 15.1. The van der Waals surface area contributed by atoms with Gasteiger partial charge in [0.15, 0.2) is 0 Å². The van der Waals surface area contributed by atoms with E-state index >= 15 is 0 Å². The Kier molecular flexibility index (Phi) is 8.92. The van der Waals surface area contributed by atoms with Crippen molar-refractivity contribution in [1.82, 2.24) is 0 Å². The third kappa shape index (κ3) is 6.51. The Morgan fingerprint density at radius 1 is 0.396 bits per heavy atom. The zero-order chi connectivity index (χ0) is 36.7. The first kappa shape index (κ1) is 34.4. The average Bonchev–Trinajstić information content (AvgIpc) is 3.54. The molecule has 2 aliphatic carbocycles. The molecule has 3 N–H and O–H groups in total. The van der Waals surface area contributed by atoms with Crippen LogP contribution in [0.25, 0.3) is 43.8 Å². The molecule has 0 saturated heterocycles. The van der Waals surface area contributed by atoms with E-state index in [4.69, 9.17) is 5.73 Å². The zero-order valence-corrected chi connectivity index (χ0v) is 32.2. The molecular formula is C50H43BrN2. The minimum Gasteiger partial charge on any atom is -0.399 e. The number of nitrogens with one attached hydrogen (secondary N) is 1. The van der Waals surface area contributed by atoms with E-state index in [9.17, 15) is 0 Å². The number of nitrogen functional groups attached to an aromatic ring is 1. The van der Waals surface area contributed by atoms with Crippen molar-refractivity contribution >= 4 is 54.5 Å². The highest BCUT2D eigenvalue weighted by molar-refractivity contribution is 9.10. The van der Waals surface area contributed by atoms with Gasteiger partial charge in [0.05, 0.1) is 0 Å². The molecule has 8 aromatic rings. The topological polar surface area (TPSA) is 38.0 Å². The van der Waals surface area contributed by atoms with Gasteiger partial charge in [0.2, 0.25) is 0 Å². The number of nitrogens with two attached hydrogens (primary N) is 1. The largest absolute Gasteiger partial charge is 0.399 e. The van der Waals surface area contributed by atoms with Crippen molar-refractivity contribution in [2.75, 3.05) is 11.1 Å². The lowest BCUT2D eigenvalue weighted by Gasteiger charge is -2.22. The summed E-state index contributed by atoms with van der Waals surface area (Å²) < 4.78 is 1.16. The van der Waals surface area contributed by atoms with Crippen molar-refractivity contribution in [2.24, 2.45) is 0 Å². The van der Waals surface area contributed by atoms with Crippen LogP contribution in [-0.4, -0.2) is 0 Å². The van der Waals surface area contributed by atoms with Crippen molar-refractivity contribution in [3.05, 3.63) is 197 Å². The molecule has 2 nitrogen and oxygen atoms in total. The molecule has 0 atom stereocenters. The predicted octanol–water partition coefficient (Wildman–Crippen LogP) is 14.1. The molecule has 10 rings (SSSR count). The van der Waals surface area contributed by atoms with E-state index in [1.165, 1.54) is 66.1 Å². The molecule has 0 spiro atoms. The number of rotatable bonds is 2. The van der Waals surface area contributed by atoms with Crippen LogP contribution in [0, 0.1) is 0 Å². The minimum absolute atomic E-state index is 0.0347. The second kappa shape index (κ2) is 13.7. The lowest BCUT2D eigenvalue weighted by molar-refractivity contribution is 0.660. The van der Waals surface area contributed by atoms with Gasteiger partial charge in [-0.25, -0.2) is 0 Å². The molecule has 0 heterocycles. The first-order chi connectivity index (χ1) is 25.6. The summed E-state index contributed by atoms with van der Waals surface area (Å²) in [7, 11) is 0. The summed E-state index contributed by atoms with van der Waals surface area (Å²) in [5.74, 6) is 0. The lowest BCUT2D eigenvalue weighted by atomic mass is 9.82. The van der Waals surface area contributed by atoms with Gasteiger partial charge in [-0.15, -0.1) is 0 Å². The molecule has 0 saturated carbocycles. The molecule has 0 bridgehead atoms. The summed E-state index contributed by atoms with van der Waals surface area (Å²) in [5, 5.41) is 8.55. The number of anilines is 3. The third-order valence-corrected chi connectivity index (χ3v) is 11.4. The average molecular weight is 752 g/mol. The maximum Gasteiger partial charge on any atom is 0.0390 e. The van der Waals surface area contributed by atoms with Crippen LogP contribution in [0.5, 0.6) is 0 Å². The third-order valence-electron chi connectivity index (χ3n) is 10.9. The number of fused-ring (bicyclic) bond motifs is 8. The van der Waals surface area contributed by atoms with Gasteiger partial charge >= 0.3 is 0 Å². The van der Waals surface area contributed by atoms with Crippen LogP contribution in [-0.2, 0) is 10.8 Å². The summed E-state index contributed by atoms with van der Waals surface area (Å²) >= 11 is 3.56. The number of hydrogen-bond acceptors (Lipinski definition) is 2. The van der Waals surface area contributed by atoms with Crippen LogP contribution < -0.4 is 11.1 Å². The lowest BCUT2D eigenvalue weighted by Crippen LogP contribution is -2.15. The normalized spacial score (nSPS) is 13.8. The van der Waals surface area contributed by atoms with Crippen molar-refractivity contribution in [1.29, 1.82) is 0 Å². The molecule has 2 aliphatic rings. The summed E-state index contributed by atoms with van der Waals surface area (Å²) in [6.07, 6.45) is 0. The van der Waals surface area contributed by atoms with Gasteiger partial charge in [0.1, 0.15) is 0 Å². The molecule has 260 valence electrons. The summed E-state index contributed by atoms with van der Waals surface area (Å²) in [4.78, 5) is 0. The summed E-state index contributed by atoms with van der Waals surface area (Å²) in [6, 6.07) is 59.9. The molecule has 0 aromatic heterocycles. The first-order valence-corrected chi connectivity index (χ1v) is 19.0. The van der Waals surface area contributed by atoms with Crippen molar-refractivity contribution in [3.8, 4) is 22.3 Å². The highest BCUT2D eigenvalue weighted by Crippen LogP contribution is 2.50. The highest BCUT2D eigenvalue weighted by atomic mass is 79.9. The fraction of sp³-hybridized carbons (Fsp3) is 0.120. The van der Waals surface area contributed by atoms with Crippen LogP contribution in [0.4, 0.5) is 17.1 Å². The molecule has 0 aliphatic heterocycles. The molecule has 0 amide bonds. The van der Waals surface area contributed by atoms with Crippen LogP contribution in [0.1, 0.15) is 49.9 Å².